The molecule has 0 bridgehead atoms. The molecule has 0 fully saturated rings. The Labute approximate surface area is 105 Å². The van der Waals surface area contributed by atoms with E-state index in [0.717, 1.165) is 11.4 Å². The molecule has 1 aromatic carbocycles. The summed E-state index contributed by atoms with van der Waals surface area (Å²) in [6, 6.07) is 9.51. The van der Waals surface area contributed by atoms with Crippen LogP contribution in [0.3, 0.4) is 0 Å². The molecule has 0 aliphatic rings. The van der Waals surface area contributed by atoms with Crippen LogP contribution < -0.4 is 4.74 Å². The van der Waals surface area contributed by atoms with Crippen LogP contribution >= 0.6 is 11.6 Å². The van der Waals surface area contributed by atoms with Gasteiger partial charge in [0.25, 0.3) is 0 Å². The van der Waals surface area contributed by atoms with Crippen LogP contribution in [0.1, 0.15) is 16.8 Å². The highest BCUT2D eigenvalue weighted by Gasteiger charge is 2.00. The van der Waals surface area contributed by atoms with Gasteiger partial charge in [0.05, 0.1) is 0 Å². The van der Waals surface area contributed by atoms with E-state index in [1.54, 1.807) is 12.1 Å². The van der Waals surface area contributed by atoms with E-state index >= 15 is 0 Å². The van der Waals surface area contributed by atoms with Crippen molar-refractivity contribution in [1.82, 2.24) is 10.2 Å². The topological polar surface area (TPSA) is 35.0 Å². The molecule has 1 aromatic heterocycles. The Balaban J connectivity index is 2.02. The Morgan fingerprint density at radius 1 is 1.06 bits per heavy atom. The summed E-state index contributed by atoms with van der Waals surface area (Å²) in [5.74, 6) is 0.838. The third kappa shape index (κ3) is 3.17. The van der Waals surface area contributed by atoms with Gasteiger partial charge in [-0.15, -0.1) is 5.10 Å². The van der Waals surface area contributed by atoms with Crippen molar-refractivity contribution in [2.45, 2.75) is 20.5 Å². The molecule has 0 amide bonds. The number of aromatic nitrogens is 2. The Bertz CT molecular complexity index is 511. The molecule has 0 aliphatic heterocycles. The first-order valence-electron chi connectivity index (χ1n) is 5.33. The maximum absolute atomic E-state index is 5.65. The normalized spacial score (nSPS) is 10.3. The molecule has 2 aromatic rings. The average molecular weight is 249 g/mol. The Kier molecular flexibility index (Phi) is 3.59. The minimum absolute atomic E-state index is 0.389. The van der Waals surface area contributed by atoms with E-state index in [9.17, 15) is 0 Å². The first-order chi connectivity index (χ1) is 8.15. The quantitative estimate of drug-likeness (QED) is 0.836. The molecule has 88 valence electrons. The van der Waals surface area contributed by atoms with E-state index in [1.165, 1.54) is 11.1 Å². The van der Waals surface area contributed by atoms with Crippen molar-refractivity contribution >= 4 is 11.6 Å². The van der Waals surface area contributed by atoms with E-state index in [1.807, 2.05) is 18.2 Å². The second kappa shape index (κ2) is 5.15. The van der Waals surface area contributed by atoms with E-state index in [4.69, 9.17) is 16.3 Å². The zero-order chi connectivity index (χ0) is 12.3. The summed E-state index contributed by atoms with van der Waals surface area (Å²) in [7, 11) is 0. The van der Waals surface area contributed by atoms with Crippen LogP contribution in [0.25, 0.3) is 0 Å². The molecule has 0 atom stereocenters. The molecule has 0 spiro atoms. The van der Waals surface area contributed by atoms with Crippen molar-refractivity contribution < 1.29 is 4.74 Å². The minimum Gasteiger partial charge on any atom is -0.487 e. The zero-order valence-electron chi connectivity index (χ0n) is 9.77. The van der Waals surface area contributed by atoms with Crippen LogP contribution in [-0.2, 0) is 6.61 Å². The van der Waals surface area contributed by atoms with Gasteiger partial charge in [0.15, 0.2) is 5.15 Å². The number of hydrogen-bond acceptors (Lipinski definition) is 3. The van der Waals surface area contributed by atoms with Gasteiger partial charge in [0.2, 0.25) is 0 Å². The van der Waals surface area contributed by atoms with Crippen molar-refractivity contribution in [3.63, 3.8) is 0 Å². The Morgan fingerprint density at radius 2 is 1.88 bits per heavy atom. The number of halogens is 1. The van der Waals surface area contributed by atoms with Gasteiger partial charge in [-0.25, -0.2) is 0 Å². The lowest BCUT2D eigenvalue weighted by atomic mass is 10.1. The van der Waals surface area contributed by atoms with Gasteiger partial charge < -0.3 is 4.74 Å². The minimum atomic E-state index is 0.389. The predicted octanol–water partition coefficient (Wildman–Crippen LogP) is 3.33. The van der Waals surface area contributed by atoms with Gasteiger partial charge in [-0.1, -0.05) is 17.7 Å². The van der Waals surface area contributed by atoms with Crippen LogP contribution in [0.5, 0.6) is 5.75 Å². The fourth-order valence-electron chi connectivity index (χ4n) is 1.38. The SMILES string of the molecule is Cc1ccc(OCc2ccc(Cl)nn2)cc1C. The van der Waals surface area contributed by atoms with Gasteiger partial charge in [-0.05, 0) is 49.2 Å². The summed E-state index contributed by atoms with van der Waals surface area (Å²) >= 11 is 5.65. The highest BCUT2D eigenvalue weighted by molar-refractivity contribution is 6.29. The van der Waals surface area contributed by atoms with Gasteiger partial charge >= 0.3 is 0 Å². The van der Waals surface area contributed by atoms with Crippen molar-refractivity contribution in [1.29, 1.82) is 0 Å². The van der Waals surface area contributed by atoms with E-state index < -0.39 is 0 Å². The van der Waals surface area contributed by atoms with Gasteiger partial charge in [-0.3, -0.25) is 0 Å². The maximum atomic E-state index is 5.65. The lowest BCUT2D eigenvalue weighted by molar-refractivity contribution is 0.299. The first kappa shape index (κ1) is 11.9. The third-order valence-electron chi connectivity index (χ3n) is 2.55. The predicted molar refractivity (Wildman–Crippen MR) is 67.3 cm³/mol. The smallest absolute Gasteiger partial charge is 0.151 e. The van der Waals surface area contributed by atoms with Crippen LogP contribution in [0.4, 0.5) is 0 Å². The van der Waals surface area contributed by atoms with Gasteiger partial charge in [0, 0.05) is 0 Å². The van der Waals surface area contributed by atoms with E-state index in [2.05, 4.69) is 24.0 Å². The number of nitrogens with zero attached hydrogens (tertiary/aromatic N) is 2. The number of rotatable bonds is 3. The zero-order valence-corrected chi connectivity index (χ0v) is 10.5. The van der Waals surface area contributed by atoms with E-state index in [0.29, 0.717) is 11.8 Å². The van der Waals surface area contributed by atoms with Gasteiger partial charge in [0.1, 0.15) is 18.1 Å². The van der Waals surface area contributed by atoms with Crippen LogP contribution in [0.2, 0.25) is 5.15 Å². The lowest BCUT2D eigenvalue weighted by Gasteiger charge is -2.07. The summed E-state index contributed by atoms with van der Waals surface area (Å²) in [6.07, 6.45) is 0. The molecular formula is C13H13ClN2O. The molecule has 0 aliphatic carbocycles. The van der Waals surface area contributed by atoms with Crippen LogP contribution in [-0.4, -0.2) is 10.2 Å². The number of aryl methyl sites for hydroxylation is 2. The molecule has 1 heterocycles. The number of hydrogen-bond donors (Lipinski definition) is 0. The highest BCUT2D eigenvalue weighted by atomic mass is 35.5. The van der Waals surface area contributed by atoms with E-state index in [-0.39, 0.29) is 0 Å². The molecule has 17 heavy (non-hydrogen) atoms. The summed E-state index contributed by atoms with van der Waals surface area (Å²) < 4.78 is 5.62. The molecule has 0 radical (unpaired) electrons. The number of benzene rings is 1. The molecule has 0 N–H and O–H groups in total. The molecule has 3 nitrogen and oxygen atoms in total. The standard InChI is InChI=1S/C13H13ClN2O/c1-9-3-5-12(7-10(9)2)17-8-11-4-6-13(14)16-15-11/h3-7H,8H2,1-2H3. The monoisotopic (exact) mass is 248 g/mol. The second-order valence-corrected chi connectivity index (χ2v) is 4.27. The molecule has 4 heteroatoms. The summed E-state index contributed by atoms with van der Waals surface area (Å²) in [4.78, 5) is 0. The average Bonchev–Trinajstić information content (AvgIpc) is 2.33. The Hall–Kier alpha value is -1.61. The third-order valence-corrected chi connectivity index (χ3v) is 2.75. The first-order valence-corrected chi connectivity index (χ1v) is 5.71. The van der Waals surface area contributed by atoms with Gasteiger partial charge in [-0.2, -0.15) is 5.10 Å². The molecule has 0 saturated heterocycles. The summed E-state index contributed by atoms with van der Waals surface area (Å²) in [5.41, 5.74) is 3.22. The fraction of sp³-hybridized carbons (Fsp3) is 0.231. The highest BCUT2D eigenvalue weighted by Crippen LogP contribution is 2.17. The number of ether oxygens (including phenoxy) is 1. The maximum Gasteiger partial charge on any atom is 0.151 e. The summed E-state index contributed by atoms with van der Waals surface area (Å²) in [5, 5.41) is 8.07. The Morgan fingerprint density at radius 3 is 2.53 bits per heavy atom. The lowest BCUT2D eigenvalue weighted by Crippen LogP contribution is -1.99. The van der Waals surface area contributed by atoms with Crippen molar-refractivity contribution in [3.05, 3.63) is 52.3 Å². The molecule has 2 rings (SSSR count). The van der Waals surface area contributed by atoms with Crippen molar-refractivity contribution in [2.24, 2.45) is 0 Å². The van der Waals surface area contributed by atoms with Crippen LogP contribution in [0.15, 0.2) is 30.3 Å². The molecule has 0 unspecified atom stereocenters. The summed E-state index contributed by atoms with van der Waals surface area (Å²) in [6.45, 7) is 4.53. The second-order valence-electron chi connectivity index (χ2n) is 3.88. The van der Waals surface area contributed by atoms with Crippen molar-refractivity contribution in [3.8, 4) is 5.75 Å². The molecular weight excluding hydrogens is 236 g/mol. The molecule has 0 saturated carbocycles. The van der Waals surface area contributed by atoms with Crippen LogP contribution in [0, 0.1) is 13.8 Å². The van der Waals surface area contributed by atoms with Crippen molar-refractivity contribution in [2.75, 3.05) is 0 Å². The largest absolute Gasteiger partial charge is 0.487 e. The fourth-order valence-corrected chi connectivity index (χ4v) is 1.48.